The second-order valence-corrected chi connectivity index (χ2v) is 12.6. The number of hydrogen-bond acceptors (Lipinski definition) is 2. The van der Waals surface area contributed by atoms with Crippen LogP contribution in [0.15, 0.2) is 34.3 Å². The van der Waals surface area contributed by atoms with Gasteiger partial charge in [0.25, 0.3) is 0 Å². The highest BCUT2D eigenvalue weighted by atomic mass is 14.8. The zero-order valence-corrected chi connectivity index (χ0v) is 29.6. The Morgan fingerprint density at radius 1 is 0.465 bits per heavy atom. The monoisotopic (exact) mass is 587 g/mol. The SMILES string of the molecule is CCCCCCCCc1cc(N=C(CC)C(C)=Nc2cc(CC)c(CCCC)c(CCCCCC)c2)cc(CC)c1CC. The Morgan fingerprint density at radius 2 is 0.930 bits per heavy atom. The Kier molecular flexibility index (Phi) is 18.5. The lowest BCUT2D eigenvalue weighted by molar-refractivity contribution is 0.606. The van der Waals surface area contributed by atoms with Gasteiger partial charge in [-0.25, -0.2) is 0 Å². The molecule has 0 unspecified atom stereocenters. The van der Waals surface area contributed by atoms with E-state index in [0.29, 0.717) is 0 Å². The second kappa shape index (κ2) is 21.5. The molecule has 0 heterocycles. The smallest absolute Gasteiger partial charge is 0.0639 e. The molecule has 0 radical (unpaired) electrons. The van der Waals surface area contributed by atoms with Crippen LogP contribution in [-0.4, -0.2) is 11.4 Å². The van der Waals surface area contributed by atoms with Crippen molar-refractivity contribution in [1.82, 2.24) is 0 Å². The highest BCUT2D eigenvalue weighted by Gasteiger charge is 2.13. The molecule has 0 atom stereocenters. The van der Waals surface area contributed by atoms with E-state index in [2.05, 4.69) is 79.7 Å². The van der Waals surface area contributed by atoms with Crippen LogP contribution in [0.2, 0.25) is 0 Å². The fraction of sp³-hybridized carbons (Fsp3) is 0.659. The Morgan fingerprint density at radius 3 is 1.47 bits per heavy atom. The number of hydrogen-bond donors (Lipinski definition) is 0. The second-order valence-electron chi connectivity index (χ2n) is 12.6. The molecule has 2 heteroatoms. The molecule has 2 aromatic carbocycles. The average Bonchev–Trinajstić information content (AvgIpc) is 3.02. The molecule has 0 spiro atoms. The maximum Gasteiger partial charge on any atom is 0.0639 e. The molecule has 2 rings (SSSR count). The zero-order chi connectivity index (χ0) is 31.5. The van der Waals surface area contributed by atoms with E-state index in [1.807, 2.05) is 0 Å². The molecule has 0 aliphatic heterocycles. The fourth-order valence-corrected chi connectivity index (χ4v) is 6.56. The van der Waals surface area contributed by atoms with Gasteiger partial charge in [-0.1, -0.05) is 106 Å². The minimum Gasteiger partial charge on any atom is -0.252 e. The minimum atomic E-state index is 0.887. The van der Waals surface area contributed by atoms with Crippen molar-refractivity contribution >= 4 is 22.8 Å². The molecule has 43 heavy (non-hydrogen) atoms. The summed E-state index contributed by atoms with van der Waals surface area (Å²) in [5, 5.41) is 0. The number of aryl methyl sites for hydroxylation is 4. The molecule has 0 aliphatic carbocycles. The topological polar surface area (TPSA) is 24.7 Å². The summed E-state index contributed by atoms with van der Waals surface area (Å²) in [5.74, 6) is 0. The number of aliphatic imine (C=N–C) groups is 2. The van der Waals surface area contributed by atoms with Gasteiger partial charge < -0.3 is 0 Å². The van der Waals surface area contributed by atoms with Gasteiger partial charge in [-0.05, 0) is 129 Å². The van der Waals surface area contributed by atoms with Gasteiger partial charge in [0.2, 0.25) is 0 Å². The lowest BCUT2D eigenvalue weighted by Gasteiger charge is -2.16. The number of benzene rings is 2. The first-order valence-electron chi connectivity index (χ1n) is 18.4. The summed E-state index contributed by atoms with van der Waals surface area (Å²) in [6, 6.07) is 9.50. The van der Waals surface area contributed by atoms with E-state index in [4.69, 9.17) is 9.98 Å². The van der Waals surface area contributed by atoms with Crippen molar-refractivity contribution in [3.05, 3.63) is 57.6 Å². The number of unbranched alkanes of at least 4 members (excludes halogenated alkanes) is 9. The Hall–Kier alpha value is -2.22. The Bertz CT molecular complexity index is 1140. The quantitative estimate of drug-likeness (QED) is 0.0968. The standard InChI is InChI=1S/C41H66N2/c1-9-16-19-21-22-24-25-35-30-38(28-33(12-4)39(35)14-6)43-41(15-7)32(8)42-37-29-34(13-5)40(27-18-11-3)36(31-37)26-23-20-17-10-2/h28-31H,9-27H2,1-8H3. The van der Waals surface area contributed by atoms with E-state index >= 15 is 0 Å². The molecular weight excluding hydrogens is 520 g/mol. The van der Waals surface area contributed by atoms with Crippen LogP contribution in [0.5, 0.6) is 0 Å². The normalized spacial score (nSPS) is 12.4. The third kappa shape index (κ3) is 12.4. The lowest BCUT2D eigenvalue weighted by atomic mass is 9.91. The summed E-state index contributed by atoms with van der Waals surface area (Å²) in [4.78, 5) is 10.5. The first-order chi connectivity index (χ1) is 21.0. The molecule has 240 valence electrons. The molecule has 2 nitrogen and oxygen atoms in total. The summed E-state index contributed by atoms with van der Waals surface area (Å²) in [6.45, 7) is 18.2. The summed E-state index contributed by atoms with van der Waals surface area (Å²) in [5.41, 5.74) is 13.6. The Balaban J connectivity index is 2.41. The van der Waals surface area contributed by atoms with Gasteiger partial charge in [0, 0.05) is 0 Å². The van der Waals surface area contributed by atoms with Crippen molar-refractivity contribution < 1.29 is 0 Å². The molecule has 0 aliphatic rings. The van der Waals surface area contributed by atoms with Crippen molar-refractivity contribution in [3.63, 3.8) is 0 Å². The maximum absolute atomic E-state index is 5.27. The molecule has 0 fully saturated rings. The molecule has 0 bridgehead atoms. The molecule has 0 saturated carbocycles. The van der Waals surface area contributed by atoms with Crippen LogP contribution in [0.3, 0.4) is 0 Å². The van der Waals surface area contributed by atoms with Crippen LogP contribution in [0, 0.1) is 0 Å². The first kappa shape index (κ1) is 37.0. The zero-order valence-electron chi connectivity index (χ0n) is 29.6. The molecule has 0 N–H and O–H groups in total. The summed E-state index contributed by atoms with van der Waals surface area (Å²) >= 11 is 0. The van der Waals surface area contributed by atoms with E-state index in [9.17, 15) is 0 Å². The van der Waals surface area contributed by atoms with E-state index in [1.165, 1.54) is 119 Å². The van der Waals surface area contributed by atoms with Gasteiger partial charge in [0.05, 0.1) is 22.8 Å². The van der Waals surface area contributed by atoms with E-state index in [1.54, 1.807) is 11.1 Å². The van der Waals surface area contributed by atoms with Gasteiger partial charge in [-0.2, -0.15) is 0 Å². The Labute approximate surface area is 267 Å². The van der Waals surface area contributed by atoms with Crippen LogP contribution in [-0.2, 0) is 38.5 Å². The predicted octanol–water partition coefficient (Wildman–Crippen LogP) is 13.0. The highest BCUT2D eigenvalue weighted by molar-refractivity contribution is 6.42. The van der Waals surface area contributed by atoms with E-state index in [0.717, 1.165) is 48.5 Å². The van der Waals surface area contributed by atoms with E-state index in [-0.39, 0.29) is 0 Å². The molecule has 0 aromatic heterocycles. The third-order valence-electron chi connectivity index (χ3n) is 9.15. The van der Waals surface area contributed by atoms with Gasteiger partial charge in [0.1, 0.15) is 0 Å². The van der Waals surface area contributed by atoms with Crippen LogP contribution < -0.4 is 0 Å². The summed E-state index contributed by atoms with van der Waals surface area (Å²) in [7, 11) is 0. The molecule has 0 amide bonds. The van der Waals surface area contributed by atoms with Crippen molar-refractivity contribution in [2.45, 2.75) is 177 Å². The van der Waals surface area contributed by atoms with Gasteiger partial charge >= 0.3 is 0 Å². The molecular formula is C41H66N2. The van der Waals surface area contributed by atoms with E-state index < -0.39 is 0 Å². The number of rotatable bonds is 22. The lowest BCUT2D eigenvalue weighted by Crippen LogP contribution is -2.09. The molecule has 2 aromatic rings. The first-order valence-corrected chi connectivity index (χ1v) is 18.4. The van der Waals surface area contributed by atoms with Crippen molar-refractivity contribution in [2.24, 2.45) is 9.98 Å². The van der Waals surface area contributed by atoms with Gasteiger partial charge in [-0.15, -0.1) is 0 Å². The summed E-state index contributed by atoms with van der Waals surface area (Å²) < 4.78 is 0. The van der Waals surface area contributed by atoms with Gasteiger partial charge in [0.15, 0.2) is 0 Å². The largest absolute Gasteiger partial charge is 0.252 e. The average molecular weight is 587 g/mol. The van der Waals surface area contributed by atoms with Crippen LogP contribution >= 0.6 is 0 Å². The van der Waals surface area contributed by atoms with Crippen molar-refractivity contribution in [1.29, 1.82) is 0 Å². The summed E-state index contributed by atoms with van der Waals surface area (Å²) in [6.07, 6.45) is 23.4. The third-order valence-corrected chi connectivity index (χ3v) is 9.15. The predicted molar refractivity (Wildman–Crippen MR) is 195 cm³/mol. The van der Waals surface area contributed by atoms with Gasteiger partial charge in [-0.3, -0.25) is 9.98 Å². The maximum atomic E-state index is 5.27. The van der Waals surface area contributed by atoms with Crippen LogP contribution in [0.1, 0.15) is 172 Å². The molecule has 0 saturated heterocycles. The van der Waals surface area contributed by atoms with Crippen LogP contribution in [0.4, 0.5) is 11.4 Å². The minimum absolute atomic E-state index is 0.887. The fourth-order valence-electron chi connectivity index (χ4n) is 6.56. The van der Waals surface area contributed by atoms with Crippen molar-refractivity contribution in [3.8, 4) is 0 Å². The number of nitrogens with zero attached hydrogens (tertiary/aromatic N) is 2. The van der Waals surface area contributed by atoms with Crippen molar-refractivity contribution in [2.75, 3.05) is 0 Å². The highest BCUT2D eigenvalue weighted by Crippen LogP contribution is 2.29. The van der Waals surface area contributed by atoms with Crippen LogP contribution in [0.25, 0.3) is 0 Å².